The molecule has 1 rings (SSSR count). The molecule has 7 nitrogen and oxygen atoms in total. The number of aliphatic hydroxyl groups is 1. The summed E-state index contributed by atoms with van der Waals surface area (Å²) < 4.78 is 11.3. The average Bonchev–Trinajstić information content (AvgIpc) is 2.79. The molecule has 0 aromatic carbocycles. The number of nitrogens with zero attached hydrogens (tertiary/aromatic N) is 3. The minimum absolute atomic E-state index is 0.145. The molecule has 0 spiro atoms. The Morgan fingerprint density at radius 3 is 2.78 bits per heavy atom. The van der Waals surface area contributed by atoms with Crippen LogP contribution in [0, 0.1) is 0 Å². The summed E-state index contributed by atoms with van der Waals surface area (Å²) in [5.74, 6) is -0.491. The number of methoxy groups -OCH3 is 2. The molecule has 7 heteroatoms. The highest BCUT2D eigenvalue weighted by Gasteiger charge is 2.19. The van der Waals surface area contributed by atoms with Crippen LogP contribution in [0.4, 0.5) is 0 Å². The van der Waals surface area contributed by atoms with E-state index in [-0.39, 0.29) is 12.3 Å². The van der Waals surface area contributed by atoms with E-state index in [4.69, 9.17) is 9.84 Å². The Morgan fingerprint density at radius 1 is 1.39 bits per heavy atom. The zero-order valence-corrected chi connectivity index (χ0v) is 10.8. The third-order valence-electron chi connectivity index (χ3n) is 2.54. The number of hydrogen-bond acceptors (Lipinski definition) is 6. The number of carbonyl (C=O) groups is 1. The second kappa shape index (κ2) is 7.78. The van der Waals surface area contributed by atoms with E-state index in [0.29, 0.717) is 31.7 Å². The molecule has 0 fully saturated rings. The maximum Gasteiger partial charge on any atom is 0.360 e. The molecule has 1 aromatic rings. The number of ether oxygens (including phenoxy) is 2. The van der Waals surface area contributed by atoms with E-state index in [1.807, 2.05) is 0 Å². The zero-order valence-electron chi connectivity index (χ0n) is 10.8. The molecular weight excluding hydrogens is 238 g/mol. The van der Waals surface area contributed by atoms with E-state index in [0.717, 1.165) is 6.42 Å². The molecule has 0 aliphatic rings. The first kappa shape index (κ1) is 14.6. The molecule has 1 heterocycles. The summed E-state index contributed by atoms with van der Waals surface area (Å²) in [6.45, 7) is 1.24. The van der Waals surface area contributed by atoms with Crippen LogP contribution in [0.2, 0.25) is 0 Å². The molecule has 0 unspecified atom stereocenters. The van der Waals surface area contributed by atoms with E-state index in [9.17, 15) is 4.79 Å². The molecule has 18 heavy (non-hydrogen) atoms. The Balaban J connectivity index is 2.81. The van der Waals surface area contributed by atoms with Crippen LogP contribution in [-0.2, 0) is 22.4 Å². The van der Waals surface area contributed by atoms with Gasteiger partial charge in [0.15, 0.2) is 5.69 Å². The number of carbonyl (C=O) groups excluding carboxylic acids is 1. The lowest BCUT2D eigenvalue weighted by atomic mass is 10.2. The Kier molecular flexibility index (Phi) is 6.31. The minimum atomic E-state index is -0.491. The number of rotatable bonds is 8. The molecule has 0 aliphatic heterocycles. The number of aryl methyl sites for hydroxylation is 1. The summed E-state index contributed by atoms with van der Waals surface area (Å²) in [4.78, 5) is 11.5. The summed E-state index contributed by atoms with van der Waals surface area (Å²) in [5, 5.41) is 16.5. The number of aliphatic hydroxyl groups excluding tert-OH is 1. The third kappa shape index (κ3) is 3.78. The van der Waals surface area contributed by atoms with Crippen molar-refractivity contribution < 1.29 is 19.4 Å². The highest BCUT2D eigenvalue weighted by atomic mass is 16.5. The molecule has 0 aliphatic carbocycles. The number of aromatic nitrogens is 3. The minimum Gasteiger partial charge on any atom is -0.464 e. The van der Waals surface area contributed by atoms with Crippen LogP contribution in [0.3, 0.4) is 0 Å². The van der Waals surface area contributed by atoms with E-state index in [2.05, 4.69) is 15.0 Å². The summed E-state index contributed by atoms with van der Waals surface area (Å²) in [7, 11) is 2.91. The van der Waals surface area contributed by atoms with E-state index in [1.165, 1.54) is 7.11 Å². The van der Waals surface area contributed by atoms with Crippen molar-refractivity contribution in [1.29, 1.82) is 0 Å². The van der Waals surface area contributed by atoms with Crippen LogP contribution in [0.15, 0.2) is 0 Å². The predicted octanol–water partition coefficient (Wildman–Crippen LogP) is 0.0261. The van der Waals surface area contributed by atoms with Gasteiger partial charge >= 0.3 is 5.97 Å². The van der Waals surface area contributed by atoms with E-state index in [1.54, 1.807) is 11.8 Å². The van der Waals surface area contributed by atoms with Crippen LogP contribution in [-0.4, -0.2) is 53.5 Å². The van der Waals surface area contributed by atoms with Gasteiger partial charge in [0, 0.05) is 26.7 Å². The van der Waals surface area contributed by atoms with Gasteiger partial charge in [0.2, 0.25) is 0 Å². The van der Waals surface area contributed by atoms with E-state index >= 15 is 0 Å². The fraction of sp³-hybridized carbons (Fsp3) is 0.727. The molecular formula is C11H19N3O4. The highest BCUT2D eigenvalue weighted by Crippen LogP contribution is 2.09. The standard InChI is InChI=1S/C11H19N3O4/c1-17-8-5-9-10(11(16)18-2)12-13-14(9)6-3-4-7-15/h15H,3-8H2,1-2H3. The summed E-state index contributed by atoms with van der Waals surface area (Å²) in [6, 6.07) is 0. The molecule has 1 aromatic heterocycles. The van der Waals surface area contributed by atoms with Gasteiger partial charge in [0.25, 0.3) is 0 Å². The third-order valence-corrected chi connectivity index (χ3v) is 2.54. The van der Waals surface area contributed by atoms with Crippen LogP contribution >= 0.6 is 0 Å². The van der Waals surface area contributed by atoms with Gasteiger partial charge in [-0.25, -0.2) is 9.48 Å². The smallest absolute Gasteiger partial charge is 0.360 e. The lowest BCUT2D eigenvalue weighted by Gasteiger charge is -2.06. The molecule has 0 saturated carbocycles. The largest absolute Gasteiger partial charge is 0.464 e. The number of hydrogen-bond donors (Lipinski definition) is 1. The van der Waals surface area contributed by atoms with Crippen molar-refractivity contribution in [2.24, 2.45) is 0 Å². The fourth-order valence-electron chi connectivity index (χ4n) is 1.59. The first-order chi connectivity index (χ1) is 8.74. The summed E-state index contributed by atoms with van der Waals surface area (Å²) in [6.07, 6.45) is 2.02. The van der Waals surface area contributed by atoms with Gasteiger partial charge in [0.05, 0.1) is 19.4 Å². The van der Waals surface area contributed by atoms with Crippen molar-refractivity contribution in [2.45, 2.75) is 25.8 Å². The SMILES string of the molecule is COCCc1c(C(=O)OC)nnn1CCCCO. The normalized spacial score (nSPS) is 10.6. The molecule has 102 valence electrons. The molecule has 0 saturated heterocycles. The first-order valence-corrected chi connectivity index (χ1v) is 5.85. The first-order valence-electron chi connectivity index (χ1n) is 5.85. The van der Waals surface area contributed by atoms with Gasteiger partial charge < -0.3 is 14.6 Å². The predicted molar refractivity (Wildman–Crippen MR) is 63.3 cm³/mol. The van der Waals surface area contributed by atoms with Crippen LogP contribution in [0.25, 0.3) is 0 Å². The topological polar surface area (TPSA) is 86.5 Å². The second-order valence-corrected chi connectivity index (χ2v) is 3.77. The number of unbranched alkanes of at least 4 members (excludes halogenated alkanes) is 1. The molecule has 0 bridgehead atoms. The Hall–Kier alpha value is -1.47. The monoisotopic (exact) mass is 257 g/mol. The van der Waals surface area contributed by atoms with Gasteiger partial charge in [-0.15, -0.1) is 5.10 Å². The fourth-order valence-corrected chi connectivity index (χ4v) is 1.59. The lowest BCUT2D eigenvalue weighted by molar-refractivity contribution is 0.0592. The van der Waals surface area contributed by atoms with Crippen LogP contribution < -0.4 is 0 Å². The van der Waals surface area contributed by atoms with Crippen molar-refractivity contribution in [2.75, 3.05) is 27.4 Å². The highest BCUT2D eigenvalue weighted by molar-refractivity contribution is 5.88. The van der Waals surface area contributed by atoms with Gasteiger partial charge in [-0.1, -0.05) is 5.21 Å². The Labute approximate surface area is 106 Å². The van der Waals surface area contributed by atoms with Gasteiger partial charge in [0.1, 0.15) is 0 Å². The van der Waals surface area contributed by atoms with Crippen molar-refractivity contribution in [3.63, 3.8) is 0 Å². The van der Waals surface area contributed by atoms with Crippen molar-refractivity contribution in [1.82, 2.24) is 15.0 Å². The van der Waals surface area contributed by atoms with Gasteiger partial charge in [-0.05, 0) is 12.8 Å². The molecule has 1 N–H and O–H groups in total. The summed E-state index contributed by atoms with van der Waals surface area (Å²) >= 11 is 0. The maximum atomic E-state index is 11.5. The second-order valence-electron chi connectivity index (χ2n) is 3.77. The van der Waals surface area contributed by atoms with Crippen LogP contribution in [0.1, 0.15) is 29.0 Å². The lowest BCUT2D eigenvalue weighted by Crippen LogP contribution is -2.12. The van der Waals surface area contributed by atoms with Crippen molar-refractivity contribution in [3.05, 3.63) is 11.4 Å². The van der Waals surface area contributed by atoms with Crippen molar-refractivity contribution >= 4 is 5.97 Å². The molecule has 0 amide bonds. The van der Waals surface area contributed by atoms with Crippen LogP contribution in [0.5, 0.6) is 0 Å². The Bertz CT molecular complexity index is 378. The van der Waals surface area contributed by atoms with E-state index < -0.39 is 5.97 Å². The Morgan fingerprint density at radius 2 is 2.17 bits per heavy atom. The quantitative estimate of drug-likeness (QED) is 0.522. The maximum absolute atomic E-state index is 11.5. The zero-order chi connectivity index (χ0) is 13.4. The average molecular weight is 257 g/mol. The molecule has 0 radical (unpaired) electrons. The summed E-state index contributed by atoms with van der Waals surface area (Å²) in [5.41, 5.74) is 0.945. The molecule has 0 atom stereocenters. The van der Waals surface area contributed by atoms with Gasteiger partial charge in [-0.3, -0.25) is 0 Å². The van der Waals surface area contributed by atoms with Crippen molar-refractivity contribution in [3.8, 4) is 0 Å². The number of esters is 1. The van der Waals surface area contributed by atoms with Gasteiger partial charge in [-0.2, -0.15) is 0 Å².